The van der Waals surface area contributed by atoms with Crippen molar-refractivity contribution >= 4 is 11.7 Å². The number of carbonyl (C=O) groups is 1. The van der Waals surface area contributed by atoms with E-state index in [1.807, 2.05) is 38.1 Å². The molecule has 20 heavy (non-hydrogen) atoms. The number of carbonyl (C=O) groups excluding carboxylic acids is 1. The van der Waals surface area contributed by atoms with E-state index in [1.165, 1.54) is 0 Å². The lowest BCUT2D eigenvalue weighted by atomic mass is 10.1. The number of nitrogens with one attached hydrogen (secondary N) is 1. The van der Waals surface area contributed by atoms with E-state index in [1.54, 1.807) is 10.9 Å². The summed E-state index contributed by atoms with van der Waals surface area (Å²) in [5, 5.41) is 7.12. The van der Waals surface area contributed by atoms with Gasteiger partial charge in [-0.25, -0.2) is 4.68 Å². The van der Waals surface area contributed by atoms with E-state index in [0.29, 0.717) is 12.1 Å². The second-order valence-corrected chi connectivity index (χ2v) is 4.68. The maximum absolute atomic E-state index is 12.2. The van der Waals surface area contributed by atoms with Crippen LogP contribution >= 0.6 is 0 Å². The van der Waals surface area contributed by atoms with Gasteiger partial charge in [0.05, 0.1) is 6.20 Å². The number of rotatable bonds is 5. The number of hydrogen-bond donors (Lipinski definition) is 2. The van der Waals surface area contributed by atoms with E-state index < -0.39 is 0 Å². The van der Waals surface area contributed by atoms with Crippen molar-refractivity contribution in [1.82, 2.24) is 9.78 Å². The monoisotopic (exact) mass is 272 g/mol. The SMILES string of the molecule is CCn1ncc(C)c1NC(=O)c1ccc(CCN)cc1. The number of amides is 1. The Bertz CT molecular complexity index is 586. The molecule has 0 aliphatic rings. The van der Waals surface area contributed by atoms with Crippen LogP contribution in [0.1, 0.15) is 28.4 Å². The van der Waals surface area contributed by atoms with E-state index >= 15 is 0 Å². The summed E-state index contributed by atoms with van der Waals surface area (Å²) in [7, 11) is 0. The Hall–Kier alpha value is -2.14. The molecule has 0 aliphatic carbocycles. The van der Waals surface area contributed by atoms with E-state index in [-0.39, 0.29) is 5.91 Å². The van der Waals surface area contributed by atoms with Crippen molar-refractivity contribution in [2.24, 2.45) is 5.73 Å². The molecule has 2 aromatic rings. The van der Waals surface area contributed by atoms with E-state index in [4.69, 9.17) is 5.73 Å². The first kappa shape index (κ1) is 14.3. The van der Waals surface area contributed by atoms with Crippen LogP contribution in [0.3, 0.4) is 0 Å². The summed E-state index contributed by atoms with van der Waals surface area (Å²) in [6.07, 6.45) is 2.58. The highest BCUT2D eigenvalue weighted by molar-refractivity contribution is 6.04. The van der Waals surface area contributed by atoms with Crippen LogP contribution in [0.4, 0.5) is 5.82 Å². The van der Waals surface area contributed by atoms with Crippen LogP contribution in [-0.2, 0) is 13.0 Å². The summed E-state index contributed by atoms with van der Waals surface area (Å²) in [6.45, 7) is 5.25. The topological polar surface area (TPSA) is 72.9 Å². The Balaban J connectivity index is 2.13. The number of nitrogens with zero attached hydrogens (tertiary/aromatic N) is 2. The number of benzene rings is 1. The van der Waals surface area contributed by atoms with Gasteiger partial charge in [-0.1, -0.05) is 12.1 Å². The molecule has 1 heterocycles. The van der Waals surface area contributed by atoms with Gasteiger partial charge in [-0.2, -0.15) is 5.10 Å². The zero-order valence-electron chi connectivity index (χ0n) is 11.9. The lowest BCUT2D eigenvalue weighted by Crippen LogP contribution is -2.16. The van der Waals surface area contributed by atoms with Gasteiger partial charge in [0.1, 0.15) is 5.82 Å². The fourth-order valence-electron chi connectivity index (χ4n) is 2.05. The summed E-state index contributed by atoms with van der Waals surface area (Å²) in [4.78, 5) is 12.2. The van der Waals surface area contributed by atoms with Crippen molar-refractivity contribution < 1.29 is 4.79 Å². The first-order valence-corrected chi connectivity index (χ1v) is 6.78. The van der Waals surface area contributed by atoms with Crippen LogP contribution in [0, 0.1) is 6.92 Å². The van der Waals surface area contributed by atoms with Crippen LogP contribution in [-0.4, -0.2) is 22.2 Å². The molecule has 1 aromatic heterocycles. The minimum absolute atomic E-state index is 0.123. The highest BCUT2D eigenvalue weighted by atomic mass is 16.1. The lowest BCUT2D eigenvalue weighted by molar-refractivity contribution is 0.102. The third kappa shape index (κ3) is 3.05. The first-order valence-electron chi connectivity index (χ1n) is 6.78. The molecule has 0 bridgehead atoms. The number of nitrogens with two attached hydrogens (primary N) is 1. The molecule has 0 fully saturated rings. The summed E-state index contributed by atoms with van der Waals surface area (Å²) < 4.78 is 1.77. The normalized spacial score (nSPS) is 10.6. The van der Waals surface area contributed by atoms with Gasteiger partial charge in [0.2, 0.25) is 0 Å². The number of hydrogen-bond acceptors (Lipinski definition) is 3. The molecule has 0 radical (unpaired) electrons. The van der Waals surface area contributed by atoms with E-state index in [9.17, 15) is 4.79 Å². The fraction of sp³-hybridized carbons (Fsp3) is 0.333. The van der Waals surface area contributed by atoms with Crippen molar-refractivity contribution in [2.75, 3.05) is 11.9 Å². The Morgan fingerprint density at radius 3 is 2.65 bits per heavy atom. The van der Waals surface area contributed by atoms with Gasteiger partial charge in [0.15, 0.2) is 0 Å². The average Bonchev–Trinajstić information content (AvgIpc) is 2.81. The summed E-state index contributed by atoms with van der Waals surface area (Å²) in [5.74, 6) is 0.631. The smallest absolute Gasteiger partial charge is 0.256 e. The molecule has 106 valence electrons. The Labute approximate surface area is 118 Å². The third-order valence-corrected chi connectivity index (χ3v) is 3.20. The highest BCUT2D eigenvalue weighted by Crippen LogP contribution is 2.15. The van der Waals surface area contributed by atoms with Crippen LogP contribution in [0.25, 0.3) is 0 Å². The molecule has 1 aromatic carbocycles. The molecule has 0 saturated heterocycles. The largest absolute Gasteiger partial charge is 0.330 e. The molecule has 0 atom stereocenters. The molecule has 0 spiro atoms. The van der Waals surface area contributed by atoms with E-state index in [2.05, 4.69) is 10.4 Å². The molecule has 2 rings (SSSR count). The van der Waals surface area contributed by atoms with Gasteiger partial charge < -0.3 is 11.1 Å². The van der Waals surface area contributed by atoms with Crippen molar-refractivity contribution in [1.29, 1.82) is 0 Å². The molecule has 5 heteroatoms. The van der Waals surface area contributed by atoms with Crippen molar-refractivity contribution in [2.45, 2.75) is 26.8 Å². The molecular formula is C15H20N4O. The molecular weight excluding hydrogens is 252 g/mol. The second-order valence-electron chi connectivity index (χ2n) is 4.68. The maximum Gasteiger partial charge on any atom is 0.256 e. The molecule has 3 N–H and O–H groups in total. The predicted molar refractivity (Wildman–Crippen MR) is 79.8 cm³/mol. The lowest BCUT2D eigenvalue weighted by Gasteiger charge is -2.09. The highest BCUT2D eigenvalue weighted by Gasteiger charge is 2.11. The summed E-state index contributed by atoms with van der Waals surface area (Å²) >= 11 is 0. The predicted octanol–water partition coefficient (Wildman–Crippen LogP) is 1.96. The summed E-state index contributed by atoms with van der Waals surface area (Å²) in [5.41, 5.74) is 8.24. The van der Waals surface area contributed by atoms with Crippen molar-refractivity contribution in [3.05, 3.63) is 47.2 Å². The fourth-order valence-corrected chi connectivity index (χ4v) is 2.05. The standard InChI is InChI=1S/C15H20N4O/c1-3-19-14(11(2)10-17-19)18-15(20)13-6-4-12(5-7-13)8-9-16/h4-7,10H,3,8-9,16H2,1-2H3,(H,18,20). The zero-order chi connectivity index (χ0) is 14.5. The van der Waals surface area contributed by atoms with Gasteiger partial charge in [0.25, 0.3) is 5.91 Å². The molecule has 1 amide bonds. The Kier molecular flexibility index (Phi) is 4.53. The molecule has 0 saturated carbocycles. The quantitative estimate of drug-likeness (QED) is 0.874. The first-order chi connectivity index (χ1) is 9.65. The number of anilines is 1. The minimum atomic E-state index is -0.123. The van der Waals surface area contributed by atoms with Crippen LogP contribution in [0.5, 0.6) is 0 Å². The second kappa shape index (κ2) is 6.34. The number of aromatic nitrogens is 2. The Morgan fingerprint density at radius 2 is 2.05 bits per heavy atom. The van der Waals surface area contributed by atoms with Crippen LogP contribution < -0.4 is 11.1 Å². The zero-order valence-corrected chi connectivity index (χ0v) is 11.9. The Morgan fingerprint density at radius 1 is 1.35 bits per heavy atom. The molecule has 0 unspecified atom stereocenters. The average molecular weight is 272 g/mol. The van der Waals surface area contributed by atoms with Crippen LogP contribution in [0.15, 0.2) is 30.5 Å². The molecule has 0 aliphatic heterocycles. The van der Waals surface area contributed by atoms with Gasteiger partial charge in [-0.05, 0) is 44.5 Å². The minimum Gasteiger partial charge on any atom is -0.330 e. The van der Waals surface area contributed by atoms with Crippen LogP contribution in [0.2, 0.25) is 0 Å². The van der Waals surface area contributed by atoms with E-state index in [0.717, 1.165) is 29.9 Å². The van der Waals surface area contributed by atoms with Gasteiger partial charge in [-0.15, -0.1) is 0 Å². The van der Waals surface area contributed by atoms with Crippen molar-refractivity contribution in [3.63, 3.8) is 0 Å². The third-order valence-electron chi connectivity index (χ3n) is 3.20. The maximum atomic E-state index is 12.2. The molecule has 5 nitrogen and oxygen atoms in total. The van der Waals surface area contributed by atoms with Gasteiger partial charge in [-0.3, -0.25) is 4.79 Å². The van der Waals surface area contributed by atoms with Gasteiger partial charge >= 0.3 is 0 Å². The van der Waals surface area contributed by atoms with Gasteiger partial charge in [0, 0.05) is 17.7 Å². The van der Waals surface area contributed by atoms with Crippen molar-refractivity contribution in [3.8, 4) is 0 Å². The number of aryl methyl sites for hydroxylation is 2. The summed E-state index contributed by atoms with van der Waals surface area (Å²) in [6, 6.07) is 7.52.